The normalized spacial score (nSPS) is 12.8. The van der Waals surface area contributed by atoms with Gasteiger partial charge in [0.05, 0.1) is 0 Å². The lowest BCUT2D eigenvalue weighted by molar-refractivity contribution is 1.00. The highest BCUT2D eigenvalue weighted by Gasteiger charge is 1.95. The van der Waals surface area contributed by atoms with Crippen LogP contribution in [0.5, 0.6) is 0 Å². The second-order valence-corrected chi connectivity index (χ2v) is 5.23. The van der Waals surface area contributed by atoms with E-state index < -0.39 is 0 Å². The summed E-state index contributed by atoms with van der Waals surface area (Å²) in [6.07, 6.45) is 6.82. The zero-order valence-corrected chi connectivity index (χ0v) is 12.9. The Bertz CT molecular complexity index is 1080. The number of hydrogen-bond donors (Lipinski definition) is 2. The van der Waals surface area contributed by atoms with Crippen LogP contribution in [0, 0.1) is 0 Å². The third kappa shape index (κ3) is 3.87. The van der Waals surface area contributed by atoms with Gasteiger partial charge >= 0.3 is 0 Å². The van der Waals surface area contributed by atoms with Crippen molar-refractivity contribution >= 4 is 18.2 Å². The molecule has 3 rings (SSSR count). The van der Waals surface area contributed by atoms with Crippen molar-refractivity contribution in [2.75, 3.05) is 0 Å². The van der Waals surface area contributed by atoms with Gasteiger partial charge < -0.3 is 9.97 Å². The first-order valence-electron chi connectivity index (χ1n) is 7.55. The molecule has 118 valence electrons. The van der Waals surface area contributed by atoms with Crippen molar-refractivity contribution in [3.8, 4) is 0 Å². The molecule has 0 radical (unpaired) electrons. The van der Waals surface area contributed by atoms with E-state index in [2.05, 4.69) is 9.97 Å². The van der Waals surface area contributed by atoms with Gasteiger partial charge in [-0.1, -0.05) is 72.8 Å². The highest BCUT2D eigenvalue weighted by molar-refractivity contribution is 5.56. The van der Waals surface area contributed by atoms with Crippen molar-refractivity contribution < 1.29 is 0 Å². The number of H-pyrrole nitrogens is 2. The summed E-state index contributed by atoms with van der Waals surface area (Å²) in [6.45, 7) is 0. The second-order valence-electron chi connectivity index (χ2n) is 5.23. The third-order valence-electron chi connectivity index (χ3n) is 3.45. The topological polar surface area (TPSA) is 65.7 Å². The average molecular weight is 316 g/mol. The van der Waals surface area contributed by atoms with Crippen LogP contribution in [-0.4, -0.2) is 9.97 Å². The highest BCUT2D eigenvalue weighted by Crippen LogP contribution is 2.00. The van der Waals surface area contributed by atoms with Crippen molar-refractivity contribution in [1.82, 2.24) is 9.97 Å². The van der Waals surface area contributed by atoms with Crippen molar-refractivity contribution in [2.45, 2.75) is 0 Å². The Hall–Kier alpha value is -3.40. The van der Waals surface area contributed by atoms with Gasteiger partial charge in [0.2, 0.25) is 0 Å². The molecular formula is C20H16N2O2. The smallest absolute Gasteiger partial charge is 0.272 e. The number of rotatable bonds is 3. The van der Waals surface area contributed by atoms with Crippen LogP contribution >= 0.6 is 0 Å². The quantitative estimate of drug-likeness (QED) is 0.767. The van der Waals surface area contributed by atoms with E-state index in [4.69, 9.17) is 0 Å². The number of aromatic nitrogens is 2. The number of allylic oxidation sites excluding steroid dienone is 1. The van der Waals surface area contributed by atoms with Crippen LogP contribution in [0.25, 0.3) is 18.2 Å². The van der Waals surface area contributed by atoms with Crippen molar-refractivity contribution in [2.24, 2.45) is 0 Å². The first kappa shape index (κ1) is 15.5. The molecule has 0 unspecified atom stereocenters. The van der Waals surface area contributed by atoms with Gasteiger partial charge in [0, 0.05) is 0 Å². The van der Waals surface area contributed by atoms with E-state index in [-0.39, 0.29) is 21.8 Å². The maximum absolute atomic E-state index is 12.1. The largest absolute Gasteiger partial charge is 0.316 e. The van der Waals surface area contributed by atoms with E-state index in [1.165, 1.54) is 0 Å². The van der Waals surface area contributed by atoms with Gasteiger partial charge in [-0.05, 0) is 23.3 Å². The van der Waals surface area contributed by atoms with Crippen LogP contribution in [0.3, 0.4) is 0 Å². The SMILES string of the molecule is O=c1[nH]/c(=C\c2ccccc2)c(=O)[nH]/c1=C\C=C/c1ccccc1. The van der Waals surface area contributed by atoms with Gasteiger partial charge in [-0.2, -0.15) is 0 Å². The summed E-state index contributed by atoms with van der Waals surface area (Å²) in [6, 6.07) is 19.1. The van der Waals surface area contributed by atoms with E-state index in [1.807, 2.05) is 66.7 Å². The summed E-state index contributed by atoms with van der Waals surface area (Å²) in [5.41, 5.74) is 1.19. The van der Waals surface area contributed by atoms with E-state index >= 15 is 0 Å². The minimum Gasteiger partial charge on any atom is -0.316 e. The summed E-state index contributed by atoms with van der Waals surface area (Å²) >= 11 is 0. The molecule has 0 aliphatic heterocycles. The fourth-order valence-corrected chi connectivity index (χ4v) is 2.25. The first-order chi connectivity index (χ1) is 11.7. The maximum atomic E-state index is 12.1. The van der Waals surface area contributed by atoms with Gasteiger partial charge in [-0.3, -0.25) is 9.59 Å². The Balaban J connectivity index is 1.98. The van der Waals surface area contributed by atoms with Crippen LogP contribution in [0.1, 0.15) is 11.1 Å². The van der Waals surface area contributed by atoms with Crippen LogP contribution < -0.4 is 21.8 Å². The second kappa shape index (κ2) is 7.24. The molecule has 0 fully saturated rings. The summed E-state index contributed by atoms with van der Waals surface area (Å²) in [5.74, 6) is 0. The molecule has 2 N–H and O–H groups in total. The molecule has 0 saturated heterocycles. The summed E-state index contributed by atoms with van der Waals surface area (Å²) in [7, 11) is 0. The molecule has 4 heteroatoms. The predicted octanol–water partition coefficient (Wildman–Crippen LogP) is 1.39. The molecule has 0 amide bonds. The average Bonchev–Trinajstić information content (AvgIpc) is 2.61. The molecule has 0 bridgehead atoms. The van der Waals surface area contributed by atoms with Crippen molar-refractivity contribution in [3.05, 3.63) is 109 Å². The van der Waals surface area contributed by atoms with Crippen LogP contribution in [0.2, 0.25) is 0 Å². The van der Waals surface area contributed by atoms with Crippen molar-refractivity contribution in [1.29, 1.82) is 0 Å². The van der Waals surface area contributed by atoms with Crippen LogP contribution in [0.4, 0.5) is 0 Å². The fourth-order valence-electron chi connectivity index (χ4n) is 2.25. The minimum absolute atomic E-state index is 0.220. The molecular weight excluding hydrogens is 300 g/mol. The molecule has 1 aromatic heterocycles. The van der Waals surface area contributed by atoms with Gasteiger partial charge in [0.25, 0.3) is 11.1 Å². The zero-order valence-electron chi connectivity index (χ0n) is 12.9. The number of nitrogens with one attached hydrogen (secondary N) is 2. The van der Waals surface area contributed by atoms with Crippen LogP contribution in [-0.2, 0) is 0 Å². The molecule has 0 aliphatic rings. The Morgan fingerprint density at radius 3 is 1.88 bits per heavy atom. The summed E-state index contributed by atoms with van der Waals surface area (Å²) in [4.78, 5) is 29.5. The minimum atomic E-state index is -0.338. The molecule has 0 atom stereocenters. The van der Waals surface area contributed by atoms with Crippen LogP contribution in [0.15, 0.2) is 76.3 Å². The molecule has 24 heavy (non-hydrogen) atoms. The molecule has 0 spiro atoms. The third-order valence-corrected chi connectivity index (χ3v) is 3.45. The van der Waals surface area contributed by atoms with E-state index in [9.17, 15) is 9.59 Å². The Morgan fingerprint density at radius 2 is 1.21 bits per heavy atom. The number of aromatic amines is 2. The molecule has 0 aliphatic carbocycles. The van der Waals surface area contributed by atoms with E-state index in [0.29, 0.717) is 0 Å². The van der Waals surface area contributed by atoms with Crippen molar-refractivity contribution in [3.63, 3.8) is 0 Å². The standard InChI is InChI=1S/C20H16N2O2/c23-19-17(13-7-12-15-8-3-1-4-9-15)21-20(24)18(22-19)14-16-10-5-2-6-11-16/h1-14H,(H,21,24)(H,22,23)/b12-7-,17-13-,18-14-. The molecule has 2 aromatic carbocycles. The lowest BCUT2D eigenvalue weighted by Gasteiger charge is -1.92. The lowest BCUT2D eigenvalue weighted by atomic mass is 10.2. The molecule has 0 saturated carbocycles. The van der Waals surface area contributed by atoms with Gasteiger partial charge in [0.15, 0.2) is 0 Å². The molecule has 3 aromatic rings. The Kier molecular flexibility index (Phi) is 4.68. The fraction of sp³-hybridized carbons (Fsp3) is 0. The maximum Gasteiger partial charge on any atom is 0.272 e. The first-order valence-corrected chi connectivity index (χ1v) is 7.55. The highest BCUT2D eigenvalue weighted by atomic mass is 16.1. The van der Waals surface area contributed by atoms with Gasteiger partial charge in [-0.25, -0.2) is 0 Å². The molecule has 4 nitrogen and oxygen atoms in total. The van der Waals surface area contributed by atoms with E-state index in [1.54, 1.807) is 18.2 Å². The van der Waals surface area contributed by atoms with E-state index in [0.717, 1.165) is 11.1 Å². The lowest BCUT2D eigenvalue weighted by Crippen LogP contribution is -2.46. The Labute approximate surface area is 138 Å². The summed E-state index contributed by atoms with van der Waals surface area (Å²) < 4.78 is 0. The number of hydrogen-bond acceptors (Lipinski definition) is 2. The zero-order chi connectivity index (χ0) is 16.8. The Morgan fingerprint density at radius 1 is 0.667 bits per heavy atom. The predicted molar refractivity (Wildman–Crippen MR) is 96.9 cm³/mol. The van der Waals surface area contributed by atoms with Gasteiger partial charge in [0.1, 0.15) is 10.7 Å². The number of benzene rings is 2. The summed E-state index contributed by atoms with van der Waals surface area (Å²) in [5, 5.41) is 0.452. The monoisotopic (exact) mass is 316 g/mol. The molecule has 1 heterocycles. The van der Waals surface area contributed by atoms with Gasteiger partial charge in [-0.15, -0.1) is 0 Å².